The van der Waals surface area contributed by atoms with Crippen LogP contribution in [0.2, 0.25) is 0 Å². The Morgan fingerprint density at radius 1 is 1.03 bits per heavy atom. The smallest absolute Gasteiger partial charge is 0.338 e. The number of ether oxygens (including phenoxy) is 2. The van der Waals surface area contributed by atoms with Gasteiger partial charge in [-0.2, -0.15) is 0 Å². The van der Waals surface area contributed by atoms with Crippen LogP contribution in [-0.2, 0) is 9.53 Å². The van der Waals surface area contributed by atoms with E-state index in [-0.39, 0.29) is 29.5 Å². The van der Waals surface area contributed by atoms with Crippen LogP contribution in [0.25, 0.3) is 0 Å². The third kappa shape index (κ3) is 5.86. The molecule has 0 fully saturated rings. The van der Waals surface area contributed by atoms with Crippen LogP contribution in [0.5, 0.6) is 5.75 Å². The van der Waals surface area contributed by atoms with E-state index in [1.54, 1.807) is 26.0 Å². The van der Waals surface area contributed by atoms with Crippen molar-refractivity contribution in [1.82, 2.24) is 0 Å². The number of carbonyl (C=O) groups is 3. The maximum absolute atomic E-state index is 12.2. The fourth-order valence-corrected chi connectivity index (χ4v) is 2.35. The number of rotatable bonds is 9. The molecule has 29 heavy (non-hydrogen) atoms. The zero-order valence-corrected chi connectivity index (χ0v) is 16.0. The number of hydrogen-bond donors (Lipinski definition) is 1. The van der Waals surface area contributed by atoms with Crippen molar-refractivity contribution in [3.8, 4) is 5.75 Å². The van der Waals surface area contributed by atoms with Crippen molar-refractivity contribution in [1.29, 1.82) is 0 Å². The first-order valence-electron chi connectivity index (χ1n) is 8.87. The summed E-state index contributed by atoms with van der Waals surface area (Å²) >= 11 is 0. The quantitative estimate of drug-likeness (QED) is 0.296. The molecule has 0 atom stereocenters. The van der Waals surface area contributed by atoms with Crippen LogP contribution in [0.15, 0.2) is 42.5 Å². The van der Waals surface area contributed by atoms with Crippen LogP contribution in [0, 0.1) is 10.1 Å². The Kier molecular flexibility index (Phi) is 7.41. The molecule has 0 saturated carbocycles. The minimum atomic E-state index is -0.865. The van der Waals surface area contributed by atoms with Crippen molar-refractivity contribution in [3.63, 3.8) is 0 Å². The molecule has 0 saturated heterocycles. The molecule has 2 aromatic carbocycles. The van der Waals surface area contributed by atoms with Crippen LogP contribution in [0.4, 0.5) is 11.4 Å². The minimum Gasteiger partial charge on any atom is -0.487 e. The highest BCUT2D eigenvalue weighted by atomic mass is 16.6. The predicted octanol–water partition coefficient (Wildman–Crippen LogP) is 3.38. The Labute approximate surface area is 166 Å². The number of nitro benzene ring substituents is 1. The van der Waals surface area contributed by atoms with Gasteiger partial charge in [0.05, 0.1) is 17.1 Å². The van der Waals surface area contributed by atoms with E-state index < -0.39 is 23.3 Å². The first kappa shape index (κ1) is 21.5. The Morgan fingerprint density at radius 3 is 2.28 bits per heavy atom. The first-order chi connectivity index (χ1) is 13.8. The highest BCUT2D eigenvalue weighted by Crippen LogP contribution is 2.28. The third-order valence-corrected chi connectivity index (χ3v) is 3.84. The number of nitrogens with one attached hydrogen (secondary N) is 1. The van der Waals surface area contributed by atoms with Crippen molar-refractivity contribution >= 4 is 29.0 Å². The van der Waals surface area contributed by atoms with Crippen LogP contribution < -0.4 is 10.1 Å². The standard InChI is InChI=1S/C20H20N2O7/c1-3-19(24)21-15-8-5-13(6-9-15)17(23)12-29-20(25)14-7-10-18(28-4-2)16(11-14)22(26)27/h5-11H,3-4,12H2,1-2H3,(H,21,24). The zero-order chi connectivity index (χ0) is 21.4. The molecule has 2 aromatic rings. The van der Waals surface area contributed by atoms with Gasteiger partial charge in [0.1, 0.15) is 0 Å². The van der Waals surface area contributed by atoms with Gasteiger partial charge in [-0.3, -0.25) is 19.7 Å². The van der Waals surface area contributed by atoms with Gasteiger partial charge in [-0.05, 0) is 43.3 Å². The summed E-state index contributed by atoms with van der Waals surface area (Å²) in [5.41, 5.74) is 0.417. The lowest BCUT2D eigenvalue weighted by Gasteiger charge is -2.08. The highest BCUT2D eigenvalue weighted by Gasteiger charge is 2.20. The fraction of sp³-hybridized carbons (Fsp3) is 0.250. The van der Waals surface area contributed by atoms with Crippen LogP contribution in [0.3, 0.4) is 0 Å². The van der Waals surface area contributed by atoms with E-state index in [1.807, 2.05) is 0 Å². The summed E-state index contributed by atoms with van der Waals surface area (Å²) < 4.78 is 10.1. The van der Waals surface area contributed by atoms with E-state index in [1.165, 1.54) is 24.3 Å². The molecule has 1 N–H and O–H groups in total. The number of anilines is 1. The normalized spacial score (nSPS) is 10.1. The Morgan fingerprint density at radius 2 is 1.69 bits per heavy atom. The van der Waals surface area contributed by atoms with Gasteiger partial charge in [-0.1, -0.05) is 6.92 Å². The molecule has 152 valence electrons. The van der Waals surface area contributed by atoms with Gasteiger partial charge in [0.15, 0.2) is 18.1 Å². The molecule has 0 heterocycles. The van der Waals surface area contributed by atoms with Crippen molar-refractivity contribution in [2.45, 2.75) is 20.3 Å². The van der Waals surface area contributed by atoms with Gasteiger partial charge in [0.2, 0.25) is 5.91 Å². The number of Topliss-reactive ketones (excluding diaryl/α,β-unsaturated/α-hetero) is 1. The zero-order valence-electron chi connectivity index (χ0n) is 16.0. The second-order valence-electron chi connectivity index (χ2n) is 5.85. The van der Waals surface area contributed by atoms with Crippen LogP contribution in [-0.4, -0.2) is 35.8 Å². The SMILES string of the molecule is CCOc1ccc(C(=O)OCC(=O)c2ccc(NC(=O)CC)cc2)cc1[N+](=O)[O-]. The summed E-state index contributed by atoms with van der Waals surface area (Å²) in [6.45, 7) is 3.11. The largest absolute Gasteiger partial charge is 0.487 e. The molecule has 0 radical (unpaired) electrons. The second-order valence-corrected chi connectivity index (χ2v) is 5.85. The van der Waals surface area contributed by atoms with Gasteiger partial charge < -0.3 is 14.8 Å². The molecule has 0 aliphatic heterocycles. The number of hydrogen-bond acceptors (Lipinski definition) is 7. The average Bonchev–Trinajstić information content (AvgIpc) is 2.72. The van der Waals surface area contributed by atoms with Crippen LogP contribution >= 0.6 is 0 Å². The summed E-state index contributed by atoms with van der Waals surface area (Å²) in [6, 6.07) is 9.82. The number of benzene rings is 2. The monoisotopic (exact) mass is 400 g/mol. The molecule has 9 nitrogen and oxygen atoms in total. The molecule has 0 aromatic heterocycles. The Bertz CT molecular complexity index is 923. The van der Waals surface area contributed by atoms with Crippen molar-refractivity contribution in [3.05, 3.63) is 63.7 Å². The lowest BCUT2D eigenvalue weighted by atomic mass is 10.1. The molecule has 0 unspecified atom stereocenters. The Balaban J connectivity index is 2.01. The van der Waals surface area contributed by atoms with E-state index in [0.29, 0.717) is 17.7 Å². The van der Waals surface area contributed by atoms with Gasteiger partial charge >= 0.3 is 11.7 Å². The van der Waals surface area contributed by atoms with E-state index in [2.05, 4.69) is 5.32 Å². The van der Waals surface area contributed by atoms with Crippen molar-refractivity contribution < 1.29 is 28.8 Å². The summed E-state index contributed by atoms with van der Waals surface area (Å²) in [4.78, 5) is 46.2. The molecule has 0 aliphatic carbocycles. The molecule has 0 aliphatic rings. The van der Waals surface area contributed by atoms with E-state index in [9.17, 15) is 24.5 Å². The number of amides is 1. The predicted molar refractivity (Wildman–Crippen MR) is 104 cm³/mol. The summed E-state index contributed by atoms with van der Waals surface area (Å²) in [5, 5.41) is 13.8. The molecule has 9 heteroatoms. The number of carbonyl (C=O) groups excluding carboxylic acids is 3. The average molecular weight is 400 g/mol. The van der Waals surface area contributed by atoms with Gasteiger partial charge in [0, 0.05) is 23.7 Å². The summed E-state index contributed by atoms with van der Waals surface area (Å²) in [7, 11) is 0. The third-order valence-electron chi connectivity index (χ3n) is 3.84. The number of ketones is 1. The lowest BCUT2D eigenvalue weighted by molar-refractivity contribution is -0.385. The van der Waals surface area contributed by atoms with Crippen molar-refractivity contribution in [2.75, 3.05) is 18.5 Å². The van der Waals surface area contributed by atoms with E-state index in [4.69, 9.17) is 9.47 Å². The second kappa shape index (κ2) is 9.98. The minimum absolute atomic E-state index is 0.0420. The maximum Gasteiger partial charge on any atom is 0.338 e. The number of esters is 1. The van der Waals surface area contributed by atoms with E-state index >= 15 is 0 Å². The van der Waals surface area contributed by atoms with Crippen molar-refractivity contribution in [2.24, 2.45) is 0 Å². The Hall–Kier alpha value is -3.75. The maximum atomic E-state index is 12.2. The topological polar surface area (TPSA) is 125 Å². The number of nitro groups is 1. The molecule has 1 amide bonds. The molecular formula is C20H20N2O7. The number of nitrogens with zero attached hydrogens (tertiary/aromatic N) is 1. The van der Waals surface area contributed by atoms with Gasteiger partial charge in [-0.15, -0.1) is 0 Å². The molecule has 2 rings (SSSR count). The van der Waals surface area contributed by atoms with Gasteiger partial charge in [0.25, 0.3) is 0 Å². The van der Waals surface area contributed by atoms with Crippen LogP contribution in [0.1, 0.15) is 41.0 Å². The summed E-state index contributed by atoms with van der Waals surface area (Å²) in [6.07, 6.45) is 0.334. The first-order valence-corrected chi connectivity index (χ1v) is 8.87. The molecular weight excluding hydrogens is 380 g/mol. The molecule has 0 spiro atoms. The lowest BCUT2D eigenvalue weighted by Crippen LogP contribution is -2.15. The summed E-state index contributed by atoms with van der Waals surface area (Å²) in [5.74, 6) is -1.42. The fourth-order valence-electron chi connectivity index (χ4n) is 2.35. The molecule has 0 bridgehead atoms. The van der Waals surface area contributed by atoms with Gasteiger partial charge in [-0.25, -0.2) is 4.79 Å². The highest BCUT2D eigenvalue weighted by molar-refractivity contribution is 6.00. The van der Waals surface area contributed by atoms with E-state index in [0.717, 1.165) is 6.07 Å².